The van der Waals surface area contributed by atoms with Crippen molar-refractivity contribution in [2.75, 3.05) is 24.0 Å². The monoisotopic (exact) mass is 293 g/mol. The van der Waals surface area contributed by atoms with Gasteiger partial charge in [-0.05, 0) is 25.4 Å². The minimum Gasteiger partial charge on any atom is -0.357 e. The van der Waals surface area contributed by atoms with Crippen LogP contribution in [0.4, 0.5) is 5.82 Å². The average Bonchev–Trinajstić information content (AvgIpc) is 2.34. The number of hydrogen-bond donors (Lipinski definition) is 0. The van der Waals surface area contributed by atoms with Gasteiger partial charge in [-0.15, -0.1) is 11.6 Å². The third-order valence-corrected chi connectivity index (χ3v) is 3.98. The lowest BCUT2D eigenvalue weighted by Crippen LogP contribution is -2.31. The molecule has 0 bridgehead atoms. The fourth-order valence-corrected chi connectivity index (χ4v) is 2.58. The van der Waals surface area contributed by atoms with Crippen molar-refractivity contribution in [2.45, 2.75) is 25.3 Å². The second kappa shape index (κ2) is 7.29. The normalized spacial score (nSPS) is 12.5. The molecule has 0 N–H and O–H groups in total. The highest BCUT2D eigenvalue weighted by Crippen LogP contribution is 2.26. The van der Waals surface area contributed by atoms with Crippen molar-refractivity contribution in [3.05, 3.63) is 17.0 Å². The summed E-state index contributed by atoms with van der Waals surface area (Å²) in [7, 11) is 2.01. The van der Waals surface area contributed by atoms with Gasteiger partial charge < -0.3 is 4.90 Å². The predicted octanol–water partition coefficient (Wildman–Crippen LogP) is 3.45. The summed E-state index contributed by atoms with van der Waals surface area (Å²) in [6.45, 7) is 2.17. The molecule has 1 atom stereocenters. The first-order valence-corrected chi connectivity index (χ1v) is 7.69. The van der Waals surface area contributed by atoms with Crippen molar-refractivity contribution in [3.8, 4) is 0 Å². The third-order valence-electron chi connectivity index (χ3n) is 2.74. The Morgan fingerprint density at radius 2 is 2.18 bits per heavy atom. The van der Waals surface area contributed by atoms with Gasteiger partial charge in [-0.2, -0.15) is 11.8 Å². The van der Waals surface area contributed by atoms with E-state index in [1.807, 2.05) is 18.8 Å². The van der Waals surface area contributed by atoms with Crippen LogP contribution in [0.3, 0.4) is 0 Å². The Hall–Kier alpha value is -0.190. The summed E-state index contributed by atoms with van der Waals surface area (Å²) in [6, 6.07) is 0.399. The van der Waals surface area contributed by atoms with Crippen LogP contribution in [0.1, 0.15) is 18.9 Å². The molecule has 3 nitrogen and oxygen atoms in total. The number of thioether (sulfide) groups is 1. The predicted molar refractivity (Wildman–Crippen MR) is 77.5 cm³/mol. The smallest absolute Gasteiger partial charge is 0.138 e. The second-order valence-corrected chi connectivity index (χ2v) is 5.45. The summed E-state index contributed by atoms with van der Waals surface area (Å²) in [5.74, 6) is 2.28. The van der Waals surface area contributed by atoms with Crippen molar-refractivity contribution in [1.82, 2.24) is 9.97 Å². The summed E-state index contributed by atoms with van der Waals surface area (Å²) in [5.41, 5.74) is 0.800. The molecule has 6 heteroatoms. The van der Waals surface area contributed by atoms with Gasteiger partial charge in [0.25, 0.3) is 0 Å². The number of anilines is 1. The molecular weight excluding hydrogens is 277 g/mol. The van der Waals surface area contributed by atoms with Crippen molar-refractivity contribution in [1.29, 1.82) is 0 Å². The first kappa shape index (κ1) is 14.9. The molecular formula is C11H17Cl2N3S. The number of aromatic nitrogens is 2. The molecule has 0 aromatic carbocycles. The summed E-state index contributed by atoms with van der Waals surface area (Å²) in [5, 5.41) is 0.439. The van der Waals surface area contributed by atoms with Gasteiger partial charge in [0.1, 0.15) is 17.3 Å². The van der Waals surface area contributed by atoms with Gasteiger partial charge >= 0.3 is 0 Å². The van der Waals surface area contributed by atoms with E-state index < -0.39 is 0 Å². The van der Waals surface area contributed by atoms with Crippen LogP contribution in [0.15, 0.2) is 6.33 Å². The van der Waals surface area contributed by atoms with Gasteiger partial charge in [-0.3, -0.25) is 0 Å². The maximum absolute atomic E-state index is 6.02. The number of hydrogen-bond acceptors (Lipinski definition) is 4. The van der Waals surface area contributed by atoms with Gasteiger partial charge in [-0.1, -0.05) is 11.6 Å². The van der Waals surface area contributed by atoms with Gasteiger partial charge in [0.2, 0.25) is 0 Å². The zero-order valence-electron chi connectivity index (χ0n) is 10.3. The molecule has 1 aromatic rings. The molecule has 1 aromatic heterocycles. The van der Waals surface area contributed by atoms with Gasteiger partial charge in [0.05, 0.1) is 5.88 Å². The molecule has 0 amide bonds. The van der Waals surface area contributed by atoms with Crippen LogP contribution in [0.5, 0.6) is 0 Å². The van der Waals surface area contributed by atoms with Gasteiger partial charge in [0, 0.05) is 18.7 Å². The number of nitrogens with zero attached hydrogens (tertiary/aromatic N) is 3. The lowest BCUT2D eigenvalue weighted by Gasteiger charge is -2.27. The molecule has 1 heterocycles. The van der Waals surface area contributed by atoms with E-state index in [0.29, 0.717) is 17.1 Å². The highest BCUT2D eigenvalue weighted by atomic mass is 35.5. The Kier molecular flexibility index (Phi) is 6.38. The fourth-order valence-electron chi connectivity index (χ4n) is 1.49. The van der Waals surface area contributed by atoms with Crippen molar-refractivity contribution < 1.29 is 0 Å². The van der Waals surface area contributed by atoms with Crippen LogP contribution in [0.25, 0.3) is 0 Å². The Bertz CT molecular complexity index is 363. The van der Waals surface area contributed by atoms with Crippen LogP contribution in [-0.4, -0.2) is 35.1 Å². The molecule has 0 aliphatic carbocycles. The molecule has 17 heavy (non-hydrogen) atoms. The lowest BCUT2D eigenvalue weighted by molar-refractivity contribution is 0.659. The highest BCUT2D eigenvalue weighted by molar-refractivity contribution is 7.98. The zero-order chi connectivity index (χ0) is 12.8. The largest absolute Gasteiger partial charge is 0.357 e. The van der Waals surface area contributed by atoms with Crippen LogP contribution >= 0.6 is 35.0 Å². The first-order valence-electron chi connectivity index (χ1n) is 5.38. The molecule has 0 saturated heterocycles. The number of rotatable bonds is 6. The van der Waals surface area contributed by atoms with Crippen molar-refractivity contribution in [2.24, 2.45) is 0 Å². The SMILES string of the molecule is CSCCC(C)N(C)c1ncnc(Cl)c1CCl. The van der Waals surface area contributed by atoms with Gasteiger partial charge in [-0.25, -0.2) is 9.97 Å². The second-order valence-electron chi connectivity index (χ2n) is 3.84. The molecule has 0 saturated carbocycles. The average molecular weight is 294 g/mol. The summed E-state index contributed by atoms with van der Waals surface area (Å²) >= 11 is 13.8. The zero-order valence-corrected chi connectivity index (χ0v) is 12.6. The Balaban J connectivity index is 2.87. The molecule has 1 rings (SSSR count). The fraction of sp³-hybridized carbons (Fsp3) is 0.636. The minimum absolute atomic E-state index is 0.328. The Labute approximate surface area is 117 Å². The van der Waals surface area contributed by atoms with Gasteiger partial charge in [0.15, 0.2) is 0 Å². The maximum Gasteiger partial charge on any atom is 0.138 e. The molecule has 0 spiro atoms. The van der Waals surface area contributed by atoms with Crippen molar-refractivity contribution in [3.63, 3.8) is 0 Å². The highest BCUT2D eigenvalue weighted by Gasteiger charge is 2.16. The van der Waals surface area contributed by atoms with E-state index in [4.69, 9.17) is 23.2 Å². The molecule has 0 aliphatic rings. The maximum atomic E-state index is 6.02. The summed E-state index contributed by atoms with van der Waals surface area (Å²) < 4.78 is 0. The number of alkyl halides is 1. The van der Waals surface area contributed by atoms with E-state index >= 15 is 0 Å². The summed E-state index contributed by atoms with van der Waals surface area (Å²) in [6.07, 6.45) is 4.69. The molecule has 0 fully saturated rings. The minimum atomic E-state index is 0.328. The topological polar surface area (TPSA) is 29.0 Å². The standard InChI is InChI=1S/C11H17Cl2N3S/c1-8(4-5-17-3)16(2)11-9(6-12)10(13)14-7-15-11/h7-8H,4-6H2,1-3H3. The Morgan fingerprint density at radius 3 is 2.76 bits per heavy atom. The van der Waals surface area contributed by atoms with E-state index in [2.05, 4.69) is 28.0 Å². The van der Waals surface area contributed by atoms with Crippen LogP contribution in [0, 0.1) is 0 Å². The molecule has 1 unspecified atom stereocenters. The lowest BCUT2D eigenvalue weighted by atomic mass is 10.2. The van der Waals surface area contributed by atoms with E-state index in [1.165, 1.54) is 6.33 Å². The number of halogens is 2. The van der Waals surface area contributed by atoms with Crippen molar-refractivity contribution >= 4 is 40.8 Å². The first-order chi connectivity index (χ1) is 8.11. The van der Waals surface area contributed by atoms with Crippen LogP contribution in [-0.2, 0) is 5.88 Å². The van der Waals surface area contributed by atoms with E-state index in [9.17, 15) is 0 Å². The third kappa shape index (κ3) is 3.90. The van der Waals surface area contributed by atoms with E-state index in [1.54, 1.807) is 0 Å². The molecule has 0 radical (unpaired) electrons. The van der Waals surface area contributed by atoms with E-state index in [0.717, 1.165) is 23.6 Å². The molecule has 96 valence electrons. The van der Waals surface area contributed by atoms with Crippen LogP contribution in [0.2, 0.25) is 5.15 Å². The molecule has 0 aliphatic heterocycles. The Morgan fingerprint density at radius 1 is 1.47 bits per heavy atom. The summed E-state index contributed by atoms with van der Waals surface area (Å²) in [4.78, 5) is 10.3. The quantitative estimate of drug-likeness (QED) is 0.593. The van der Waals surface area contributed by atoms with Crippen LogP contribution < -0.4 is 4.90 Å². The van der Waals surface area contributed by atoms with E-state index in [-0.39, 0.29) is 0 Å².